The predicted molar refractivity (Wildman–Crippen MR) is 92.6 cm³/mol. The van der Waals surface area contributed by atoms with Crippen molar-refractivity contribution in [2.45, 2.75) is 26.3 Å². The molecule has 7 heteroatoms. The van der Waals surface area contributed by atoms with Crippen molar-refractivity contribution in [1.82, 2.24) is 10.3 Å². The van der Waals surface area contributed by atoms with Gasteiger partial charge in [0.1, 0.15) is 0 Å². The maximum Gasteiger partial charge on any atom is 0.321 e. The smallest absolute Gasteiger partial charge is 0.321 e. The van der Waals surface area contributed by atoms with Crippen LogP contribution in [-0.2, 0) is 0 Å². The molecule has 0 spiro atoms. The number of benzene rings is 1. The highest BCUT2D eigenvalue weighted by Gasteiger charge is 2.15. The first-order valence-corrected chi connectivity index (χ1v) is 7.97. The number of hydrogen-bond acceptors (Lipinski definition) is 5. The molecule has 2 amide bonds. The summed E-state index contributed by atoms with van der Waals surface area (Å²) in [6.07, 6.45) is 0. The Bertz CT molecular complexity index is 692. The van der Waals surface area contributed by atoms with Gasteiger partial charge in [-0.1, -0.05) is 0 Å². The highest BCUT2D eigenvalue weighted by molar-refractivity contribution is 7.14. The minimum Gasteiger partial charge on any atom is -0.493 e. The average Bonchev–Trinajstić information content (AvgIpc) is 2.92. The van der Waals surface area contributed by atoms with Crippen molar-refractivity contribution in [1.29, 1.82) is 0 Å². The van der Waals surface area contributed by atoms with E-state index in [0.717, 1.165) is 11.3 Å². The minimum atomic E-state index is -0.298. The lowest BCUT2D eigenvalue weighted by Crippen LogP contribution is -2.43. The molecule has 0 saturated carbocycles. The third-order valence-corrected chi connectivity index (χ3v) is 3.65. The van der Waals surface area contributed by atoms with Gasteiger partial charge in [0.25, 0.3) is 0 Å². The molecule has 0 saturated heterocycles. The predicted octanol–water partition coefficient (Wildman–Crippen LogP) is 3.75. The summed E-state index contributed by atoms with van der Waals surface area (Å²) < 4.78 is 10.5. The minimum absolute atomic E-state index is 0.272. The number of aromatic nitrogens is 1. The van der Waals surface area contributed by atoms with Crippen LogP contribution in [0.1, 0.15) is 20.8 Å². The molecule has 0 radical (unpaired) electrons. The zero-order valence-electron chi connectivity index (χ0n) is 13.9. The van der Waals surface area contributed by atoms with Gasteiger partial charge in [-0.3, -0.25) is 5.32 Å². The molecule has 1 aromatic carbocycles. The van der Waals surface area contributed by atoms with Crippen LogP contribution in [0, 0.1) is 0 Å². The molecule has 0 unspecified atom stereocenters. The molecule has 0 aliphatic rings. The number of rotatable bonds is 4. The molecular formula is C16H21N3O3S. The molecule has 2 rings (SSSR count). The molecule has 1 aromatic heterocycles. The average molecular weight is 335 g/mol. The van der Waals surface area contributed by atoms with Crippen molar-refractivity contribution >= 4 is 22.5 Å². The van der Waals surface area contributed by atoms with E-state index in [1.165, 1.54) is 11.3 Å². The first-order chi connectivity index (χ1) is 10.8. The Balaban J connectivity index is 2.14. The van der Waals surface area contributed by atoms with Gasteiger partial charge in [-0.05, 0) is 39.0 Å². The lowest BCUT2D eigenvalue weighted by molar-refractivity contribution is 0.244. The Labute approximate surface area is 139 Å². The topological polar surface area (TPSA) is 72.5 Å². The molecule has 1 heterocycles. The Morgan fingerprint density at radius 2 is 1.87 bits per heavy atom. The fraction of sp³-hybridized carbons (Fsp3) is 0.375. The van der Waals surface area contributed by atoms with Crippen LogP contribution in [0.15, 0.2) is 23.6 Å². The van der Waals surface area contributed by atoms with Crippen LogP contribution >= 0.6 is 11.3 Å². The van der Waals surface area contributed by atoms with Crippen LogP contribution in [0.5, 0.6) is 11.5 Å². The van der Waals surface area contributed by atoms with E-state index in [4.69, 9.17) is 9.47 Å². The quantitative estimate of drug-likeness (QED) is 0.892. The first-order valence-electron chi connectivity index (χ1n) is 7.09. The largest absolute Gasteiger partial charge is 0.493 e. The molecule has 6 nitrogen and oxygen atoms in total. The van der Waals surface area contributed by atoms with E-state index in [2.05, 4.69) is 15.6 Å². The number of thiazole rings is 1. The maximum atomic E-state index is 11.9. The number of methoxy groups -OCH3 is 2. The van der Waals surface area contributed by atoms with Gasteiger partial charge in [0.15, 0.2) is 16.6 Å². The summed E-state index contributed by atoms with van der Waals surface area (Å²) in [7, 11) is 3.18. The van der Waals surface area contributed by atoms with Crippen molar-refractivity contribution in [3.8, 4) is 22.8 Å². The molecule has 124 valence electrons. The highest BCUT2D eigenvalue weighted by Crippen LogP contribution is 2.33. The van der Waals surface area contributed by atoms with Crippen LogP contribution in [0.2, 0.25) is 0 Å². The van der Waals surface area contributed by atoms with Gasteiger partial charge in [0.05, 0.1) is 19.9 Å². The number of nitrogens with one attached hydrogen (secondary N) is 2. The molecule has 2 N–H and O–H groups in total. The monoisotopic (exact) mass is 335 g/mol. The van der Waals surface area contributed by atoms with Gasteiger partial charge in [0.2, 0.25) is 0 Å². The third kappa shape index (κ3) is 4.59. The van der Waals surface area contributed by atoms with Crippen molar-refractivity contribution in [2.24, 2.45) is 0 Å². The third-order valence-electron chi connectivity index (χ3n) is 2.89. The van der Waals surface area contributed by atoms with E-state index >= 15 is 0 Å². The Kier molecular flexibility index (Phi) is 5.10. The molecule has 0 bridgehead atoms. The highest BCUT2D eigenvalue weighted by atomic mass is 32.1. The van der Waals surface area contributed by atoms with Crippen molar-refractivity contribution < 1.29 is 14.3 Å². The van der Waals surface area contributed by atoms with Gasteiger partial charge in [-0.25, -0.2) is 9.78 Å². The lowest BCUT2D eigenvalue weighted by Gasteiger charge is -2.20. The van der Waals surface area contributed by atoms with Crippen LogP contribution < -0.4 is 20.1 Å². The van der Waals surface area contributed by atoms with E-state index < -0.39 is 0 Å². The molecule has 0 aliphatic carbocycles. The number of ether oxygens (including phenoxy) is 2. The van der Waals surface area contributed by atoms with E-state index in [1.54, 1.807) is 14.2 Å². The molecular weight excluding hydrogens is 314 g/mol. The van der Waals surface area contributed by atoms with Gasteiger partial charge in [-0.15, -0.1) is 11.3 Å². The molecule has 23 heavy (non-hydrogen) atoms. The number of urea groups is 1. The summed E-state index contributed by atoms with van der Waals surface area (Å²) in [6.45, 7) is 5.76. The normalized spacial score (nSPS) is 11.0. The van der Waals surface area contributed by atoms with Crippen LogP contribution in [0.25, 0.3) is 11.3 Å². The number of amides is 2. The zero-order chi connectivity index (χ0) is 17.0. The summed E-state index contributed by atoms with van der Waals surface area (Å²) in [4.78, 5) is 16.3. The summed E-state index contributed by atoms with van der Waals surface area (Å²) >= 11 is 1.37. The second-order valence-corrected chi connectivity index (χ2v) is 6.79. The number of hydrogen-bond donors (Lipinski definition) is 2. The Hall–Kier alpha value is -2.28. The SMILES string of the molecule is COc1ccc(-c2csc(NC(=O)NC(C)(C)C)n2)cc1OC. The summed E-state index contributed by atoms with van der Waals surface area (Å²) in [6, 6.07) is 5.31. The Morgan fingerprint density at radius 3 is 2.48 bits per heavy atom. The van der Waals surface area contributed by atoms with E-state index in [9.17, 15) is 4.79 Å². The zero-order valence-corrected chi connectivity index (χ0v) is 14.7. The number of carbonyl (C=O) groups excluding carboxylic acids is 1. The van der Waals surface area contributed by atoms with Crippen molar-refractivity contribution in [3.63, 3.8) is 0 Å². The number of nitrogens with zero attached hydrogens (tertiary/aromatic N) is 1. The molecule has 0 fully saturated rings. The fourth-order valence-corrected chi connectivity index (χ4v) is 2.64. The van der Waals surface area contributed by atoms with Crippen LogP contribution in [0.4, 0.5) is 9.93 Å². The summed E-state index contributed by atoms with van der Waals surface area (Å²) in [5.41, 5.74) is 1.36. The first kappa shape index (κ1) is 17.1. The van der Waals surface area contributed by atoms with E-state index in [-0.39, 0.29) is 11.6 Å². The molecule has 0 aliphatic heterocycles. The molecule has 2 aromatic rings. The lowest BCUT2D eigenvalue weighted by atomic mass is 10.1. The van der Waals surface area contributed by atoms with Crippen molar-refractivity contribution in [3.05, 3.63) is 23.6 Å². The number of carbonyl (C=O) groups is 1. The fourth-order valence-electron chi connectivity index (χ4n) is 1.93. The Morgan fingerprint density at radius 1 is 1.17 bits per heavy atom. The van der Waals surface area contributed by atoms with Gasteiger partial charge < -0.3 is 14.8 Å². The van der Waals surface area contributed by atoms with E-state index in [1.807, 2.05) is 44.4 Å². The molecule has 0 atom stereocenters. The second-order valence-electron chi connectivity index (χ2n) is 5.94. The second kappa shape index (κ2) is 6.87. The summed E-state index contributed by atoms with van der Waals surface area (Å²) in [5, 5.41) is 7.99. The standard InChI is InChI=1S/C16H21N3O3S/c1-16(2,3)19-14(20)18-15-17-11(9-23-15)10-6-7-12(21-4)13(8-10)22-5/h6-9H,1-5H3,(H2,17,18,19,20). The van der Waals surface area contributed by atoms with Gasteiger partial charge in [0, 0.05) is 16.5 Å². The number of anilines is 1. The van der Waals surface area contributed by atoms with E-state index in [0.29, 0.717) is 16.6 Å². The summed E-state index contributed by atoms with van der Waals surface area (Å²) in [5.74, 6) is 1.30. The van der Waals surface area contributed by atoms with Crippen molar-refractivity contribution in [2.75, 3.05) is 19.5 Å². The van der Waals surface area contributed by atoms with Gasteiger partial charge >= 0.3 is 6.03 Å². The maximum absolute atomic E-state index is 11.9. The van der Waals surface area contributed by atoms with Crippen LogP contribution in [-0.4, -0.2) is 30.8 Å². The van der Waals surface area contributed by atoms with Gasteiger partial charge in [-0.2, -0.15) is 0 Å². The van der Waals surface area contributed by atoms with Crippen LogP contribution in [0.3, 0.4) is 0 Å².